The van der Waals surface area contributed by atoms with E-state index in [1.807, 2.05) is 42.5 Å². The molecule has 7 nitrogen and oxygen atoms in total. The molecule has 188 valence electrons. The maximum Gasteiger partial charge on any atom is 0.410 e. The molecule has 1 saturated heterocycles. The standard InChI is InChI=1S/C27H22Cl2FN5O2/c28-18-6-7-19(23(30)22(18)29)33-25-24-20(31-15-32-25)8-9-21(34-24)27-12-17(27)10-11-35(14-27)26(36)37-13-16-4-2-1-3-5-16/h1-9,15,17H,10-14H2,(H,31,32,33). The Hall–Kier alpha value is -3.49. The van der Waals surface area contributed by atoms with Gasteiger partial charge in [-0.15, -0.1) is 0 Å². The SMILES string of the molecule is O=C(OCc1ccccc1)N1CCC2CC2(c2ccc3ncnc(Nc4ccc(Cl)c(Cl)c4F)c3n2)C1. The Bertz CT molecular complexity index is 1510. The molecule has 6 rings (SSSR count). The number of aromatic nitrogens is 3. The van der Waals surface area contributed by atoms with Crippen LogP contribution in [0.1, 0.15) is 24.1 Å². The molecule has 1 amide bonds. The van der Waals surface area contributed by atoms with Gasteiger partial charge < -0.3 is 15.0 Å². The number of rotatable bonds is 5. The van der Waals surface area contributed by atoms with E-state index in [-0.39, 0.29) is 33.8 Å². The predicted molar refractivity (Wildman–Crippen MR) is 140 cm³/mol. The molecule has 10 heteroatoms. The number of nitrogens with zero attached hydrogens (tertiary/aromatic N) is 4. The first-order chi connectivity index (χ1) is 17.9. The fourth-order valence-electron chi connectivity index (χ4n) is 5.10. The molecule has 1 saturated carbocycles. The number of fused-ring (bicyclic) bond motifs is 2. The van der Waals surface area contributed by atoms with E-state index in [9.17, 15) is 9.18 Å². The van der Waals surface area contributed by atoms with Crippen LogP contribution >= 0.6 is 23.2 Å². The van der Waals surface area contributed by atoms with Crippen LogP contribution in [0.15, 0.2) is 60.9 Å². The minimum Gasteiger partial charge on any atom is -0.445 e. The Morgan fingerprint density at radius 2 is 1.97 bits per heavy atom. The summed E-state index contributed by atoms with van der Waals surface area (Å²) in [6.45, 7) is 1.42. The summed E-state index contributed by atoms with van der Waals surface area (Å²) in [5.41, 5.74) is 2.81. The summed E-state index contributed by atoms with van der Waals surface area (Å²) in [5, 5.41) is 2.94. The zero-order valence-electron chi connectivity index (χ0n) is 19.6. The van der Waals surface area contributed by atoms with Gasteiger partial charge in [0.05, 0.1) is 21.2 Å². The third-order valence-corrected chi connectivity index (χ3v) is 7.98. The average Bonchev–Trinajstić information content (AvgIpc) is 3.68. The van der Waals surface area contributed by atoms with Crippen LogP contribution in [0.4, 0.5) is 20.7 Å². The zero-order chi connectivity index (χ0) is 25.6. The number of hydrogen-bond donors (Lipinski definition) is 1. The third-order valence-electron chi connectivity index (χ3n) is 7.20. The van der Waals surface area contributed by atoms with Crippen molar-refractivity contribution in [1.29, 1.82) is 0 Å². The molecule has 37 heavy (non-hydrogen) atoms. The number of hydrogen-bond acceptors (Lipinski definition) is 6. The van der Waals surface area contributed by atoms with Crippen LogP contribution in [-0.4, -0.2) is 39.0 Å². The molecule has 4 aromatic rings. The number of benzene rings is 2. The smallest absolute Gasteiger partial charge is 0.410 e. The van der Waals surface area contributed by atoms with E-state index < -0.39 is 5.82 Å². The minimum atomic E-state index is -0.671. The van der Waals surface area contributed by atoms with Gasteiger partial charge in [-0.25, -0.2) is 24.1 Å². The highest BCUT2D eigenvalue weighted by molar-refractivity contribution is 6.42. The van der Waals surface area contributed by atoms with Crippen LogP contribution < -0.4 is 5.32 Å². The molecule has 2 aliphatic rings. The zero-order valence-corrected chi connectivity index (χ0v) is 21.1. The number of halogens is 3. The second kappa shape index (κ2) is 9.43. The largest absolute Gasteiger partial charge is 0.445 e. The topological polar surface area (TPSA) is 80.2 Å². The highest BCUT2D eigenvalue weighted by atomic mass is 35.5. The van der Waals surface area contributed by atoms with Crippen LogP contribution in [0.2, 0.25) is 10.0 Å². The maximum atomic E-state index is 14.7. The van der Waals surface area contributed by atoms with Crippen LogP contribution in [0.25, 0.3) is 11.0 Å². The highest BCUT2D eigenvalue weighted by Crippen LogP contribution is 2.58. The quantitative estimate of drug-likeness (QED) is 0.292. The molecule has 1 aliphatic carbocycles. The molecule has 2 fully saturated rings. The number of ether oxygens (including phenoxy) is 1. The molecular weight excluding hydrogens is 516 g/mol. The van der Waals surface area contributed by atoms with Crippen molar-refractivity contribution in [2.24, 2.45) is 5.92 Å². The number of carbonyl (C=O) groups excluding carboxylic acids is 1. The van der Waals surface area contributed by atoms with Gasteiger partial charge in [0, 0.05) is 24.2 Å². The molecule has 0 radical (unpaired) electrons. The number of anilines is 2. The summed E-state index contributed by atoms with van der Waals surface area (Å²) in [5.74, 6) is 0.117. The lowest BCUT2D eigenvalue weighted by Crippen LogP contribution is -2.43. The first-order valence-corrected chi connectivity index (χ1v) is 12.7. The van der Waals surface area contributed by atoms with Gasteiger partial charge in [0.15, 0.2) is 11.6 Å². The van der Waals surface area contributed by atoms with Crippen molar-refractivity contribution in [1.82, 2.24) is 19.9 Å². The van der Waals surface area contributed by atoms with Gasteiger partial charge in [0.2, 0.25) is 0 Å². The molecule has 2 aromatic heterocycles. The summed E-state index contributed by atoms with van der Waals surface area (Å²) in [4.78, 5) is 28.2. The van der Waals surface area contributed by atoms with Crippen molar-refractivity contribution in [3.05, 3.63) is 88.0 Å². The van der Waals surface area contributed by atoms with E-state index in [2.05, 4.69) is 15.3 Å². The Morgan fingerprint density at radius 3 is 2.81 bits per heavy atom. The van der Waals surface area contributed by atoms with E-state index in [4.69, 9.17) is 32.9 Å². The lowest BCUT2D eigenvalue weighted by atomic mass is 9.93. The van der Waals surface area contributed by atoms with Gasteiger partial charge >= 0.3 is 6.09 Å². The Balaban J connectivity index is 1.25. The molecule has 2 aromatic carbocycles. The lowest BCUT2D eigenvalue weighted by molar-refractivity contribution is 0.0843. The number of likely N-dealkylation sites (tertiary alicyclic amines) is 1. The Kier molecular flexibility index (Phi) is 6.09. The molecular formula is C27H22Cl2FN5O2. The van der Waals surface area contributed by atoms with Crippen molar-refractivity contribution in [2.45, 2.75) is 24.9 Å². The first kappa shape index (κ1) is 23.9. The van der Waals surface area contributed by atoms with Gasteiger partial charge in [-0.2, -0.15) is 0 Å². The monoisotopic (exact) mass is 537 g/mol. The summed E-state index contributed by atoms with van der Waals surface area (Å²) < 4.78 is 20.3. The van der Waals surface area contributed by atoms with Crippen molar-refractivity contribution in [3.8, 4) is 0 Å². The number of carbonyl (C=O) groups is 1. The second-order valence-corrected chi connectivity index (χ2v) is 10.2. The number of nitrogens with one attached hydrogen (secondary N) is 1. The summed E-state index contributed by atoms with van der Waals surface area (Å²) in [7, 11) is 0. The van der Waals surface area contributed by atoms with Gasteiger partial charge in [0.25, 0.3) is 0 Å². The van der Waals surface area contributed by atoms with E-state index in [0.29, 0.717) is 35.9 Å². The van der Waals surface area contributed by atoms with Gasteiger partial charge in [0.1, 0.15) is 18.5 Å². The second-order valence-electron chi connectivity index (χ2n) is 9.44. The fourth-order valence-corrected chi connectivity index (χ4v) is 5.41. The lowest BCUT2D eigenvalue weighted by Gasteiger charge is -2.32. The molecule has 0 spiro atoms. The van der Waals surface area contributed by atoms with Crippen molar-refractivity contribution in [2.75, 3.05) is 18.4 Å². The van der Waals surface area contributed by atoms with Crippen LogP contribution in [0.3, 0.4) is 0 Å². The summed E-state index contributed by atoms with van der Waals surface area (Å²) >= 11 is 11.9. The van der Waals surface area contributed by atoms with Crippen LogP contribution in [0.5, 0.6) is 0 Å². The molecule has 1 aliphatic heterocycles. The van der Waals surface area contributed by atoms with Crippen molar-refractivity contribution >= 4 is 51.8 Å². The van der Waals surface area contributed by atoms with E-state index >= 15 is 0 Å². The van der Waals surface area contributed by atoms with Gasteiger partial charge in [-0.1, -0.05) is 53.5 Å². The van der Waals surface area contributed by atoms with Gasteiger partial charge in [-0.05, 0) is 48.6 Å². The first-order valence-electron chi connectivity index (χ1n) is 11.9. The molecule has 2 atom stereocenters. The molecule has 0 bridgehead atoms. The highest BCUT2D eigenvalue weighted by Gasteiger charge is 2.59. The van der Waals surface area contributed by atoms with E-state index in [0.717, 1.165) is 24.1 Å². The molecule has 2 unspecified atom stereocenters. The minimum absolute atomic E-state index is 0.126. The summed E-state index contributed by atoms with van der Waals surface area (Å²) in [6.07, 6.45) is 2.89. The fraction of sp³-hybridized carbons (Fsp3) is 0.259. The Morgan fingerprint density at radius 1 is 1.14 bits per heavy atom. The average molecular weight is 538 g/mol. The number of amides is 1. The van der Waals surface area contributed by atoms with Crippen molar-refractivity contribution in [3.63, 3.8) is 0 Å². The van der Waals surface area contributed by atoms with E-state index in [1.165, 1.54) is 18.5 Å². The number of pyridine rings is 1. The molecule has 3 heterocycles. The van der Waals surface area contributed by atoms with Crippen LogP contribution in [-0.2, 0) is 16.8 Å². The van der Waals surface area contributed by atoms with Crippen LogP contribution in [0, 0.1) is 11.7 Å². The van der Waals surface area contributed by atoms with Crippen molar-refractivity contribution < 1.29 is 13.9 Å². The summed E-state index contributed by atoms with van der Waals surface area (Å²) in [6, 6.07) is 16.5. The predicted octanol–water partition coefficient (Wildman–Crippen LogP) is 6.51. The normalized spacial score (nSPS) is 20.4. The Labute approximate surface area is 222 Å². The molecule has 1 N–H and O–H groups in total. The number of piperidine rings is 1. The van der Waals surface area contributed by atoms with Gasteiger partial charge in [-0.3, -0.25) is 0 Å². The third kappa shape index (κ3) is 4.45. The maximum absolute atomic E-state index is 14.7. The van der Waals surface area contributed by atoms with E-state index in [1.54, 1.807) is 4.90 Å².